The second-order valence-corrected chi connectivity index (χ2v) is 3.38. The topological polar surface area (TPSA) is 18.5 Å². The molecular weight excluding hydrogens is 192 g/mol. The normalized spacial score (nSPS) is 10.9. The van der Waals surface area contributed by atoms with Crippen molar-refractivity contribution in [1.29, 1.82) is 0 Å². The van der Waals surface area contributed by atoms with Crippen LogP contribution in [-0.2, 0) is 8.85 Å². The van der Waals surface area contributed by atoms with Crippen molar-refractivity contribution >= 4 is 16.1 Å². The van der Waals surface area contributed by atoms with Crippen LogP contribution in [-0.4, -0.2) is 23.2 Å². The van der Waals surface area contributed by atoms with Gasteiger partial charge in [0.05, 0.1) is 6.61 Å². The maximum absolute atomic E-state index is 5.21. The largest absolute Gasteiger partial charge is 0.433 e. The SMILES string of the molecule is CCO[Si]OC/C=C/c1ccccc1. The first-order valence-corrected chi connectivity index (χ1v) is 5.45. The standard InChI is InChI=1S/C11H14O2Si/c1-2-12-14-13-10-6-9-11-7-4-3-5-8-11/h3-9H,2,10H2,1H3/b9-6+. The molecule has 0 aliphatic rings. The molecule has 1 aromatic carbocycles. The number of rotatable bonds is 6. The molecule has 0 saturated heterocycles. The van der Waals surface area contributed by atoms with Crippen LogP contribution in [0.25, 0.3) is 6.08 Å². The molecule has 0 saturated carbocycles. The Balaban J connectivity index is 2.15. The first-order chi connectivity index (χ1) is 6.93. The van der Waals surface area contributed by atoms with Gasteiger partial charge in [-0.05, 0) is 12.5 Å². The van der Waals surface area contributed by atoms with Gasteiger partial charge in [0.1, 0.15) is 0 Å². The molecule has 74 valence electrons. The van der Waals surface area contributed by atoms with Gasteiger partial charge >= 0.3 is 10.0 Å². The summed E-state index contributed by atoms with van der Waals surface area (Å²) in [6.07, 6.45) is 4.03. The van der Waals surface area contributed by atoms with Crippen LogP contribution in [0.3, 0.4) is 0 Å². The summed E-state index contributed by atoms with van der Waals surface area (Å²) in [5.41, 5.74) is 1.19. The highest BCUT2D eigenvalue weighted by Crippen LogP contribution is 2.00. The highest BCUT2D eigenvalue weighted by Gasteiger charge is 1.87. The first kappa shape index (κ1) is 11.2. The highest BCUT2D eigenvalue weighted by atomic mass is 28.3. The van der Waals surface area contributed by atoms with Crippen molar-refractivity contribution in [3.63, 3.8) is 0 Å². The molecule has 0 spiro atoms. The van der Waals surface area contributed by atoms with Crippen molar-refractivity contribution in [2.75, 3.05) is 13.2 Å². The minimum atomic E-state index is 0.149. The zero-order valence-corrected chi connectivity index (χ0v) is 9.27. The lowest BCUT2D eigenvalue weighted by atomic mass is 10.2. The van der Waals surface area contributed by atoms with Crippen LogP contribution < -0.4 is 0 Å². The lowest BCUT2D eigenvalue weighted by Crippen LogP contribution is -2.03. The molecule has 1 rings (SSSR count). The molecule has 0 aliphatic heterocycles. The molecule has 2 radical (unpaired) electrons. The Hall–Kier alpha value is -0.903. The molecular formula is C11H14O2Si. The van der Waals surface area contributed by atoms with Gasteiger partial charge in [-0.1, -0.05) is 42.5 Å². The van der Waals surface area contributed by atoms with E-state index in [4.69, 9.17) is 8.85 Å². The summed E-state index contributed by atoms with van der Waals surface area (Å²) in [7, 11) is 0.149. The average Bonchev–Trinajstić information content (AvgIpc) is 2.25. The van der Waals surface area contributed by atoms with E-state index in [0.717, 1.165) is 0 Å². The van der Waals surface area contributed by atoms with E-state index in [9.17, 15) is 0 Å². The Morgan fingerprint density at radius 1 is 1.21 bits per heavy atom. The molecule has 0 N–H and O–H groups in total. The van der Waals surface area contributed by atoms with Crippen LogP contribution in [0.15, 0.2) is 36.4 Å². The van der Waals surface area contributed by atoms with Crippen molar-refractivity contribution in [3.8, 4) is 0 Å². The summed E-state index contributed by atoms with van der Waals surface area (Å²) >= 11 is 0. The Labute approximate surface area is 87.6 Å². The zero-order valence-electron chi connectivity index (χ0n) is 8.27. The van der Waals surface area contributed by atoms with Gasteiger partial charge in [0.2, 0.25) is 0 Å². The van der Waals surface area contributed by atoms with Crippen molar-refractivity contribution in [2.24, 2.45) is 0 Å². The summed E-state index contributed by atoms with van der Waals surface area (Å²) in [6, 6.07) is 10.2. The Morgan fingerprint density at radius 3 is 2.71 bits per heavy atom. The van der Waals surface area contributed by atoms with Gasteiger partial charge < -0.3 is 8.85 Å². The second kappa shape index (κ2) is 7.50. The molecule has 14 heavy (non-hydrogen) atoms. The van der Waals surface area contributed by atoms with E-state index in [0.29, 0.717) is 13.2 Å². The van der Waals surface area contributed by atoms with E-state index in [1.54, 1.807) is 0 Å². The first-order valence-electron chi connectivity index (χ1n) is 4.63. The van der Waals surface area contributed by atoms with Crippen molar-refractivity contribution in [1.82, 2.24) is 0 Å². The quantitative estimate of drug-likeness (QED) is 0.525. The van der Waals surface area contributed by atoms with Crippen molar-refractivity contribution in [2.45, 2.75) is 6.92 Å². The van der Waals surface area contributed by atoms with Gasteiger partial charge in [-0.25, -0.2) is 0 Å². The molecule has 3 heteroatoms. The summed E-state index contributed by atoms with van der Waals surface area (Å²) in [6.45, 7) is 3.27. The molecule has 0 heterocycles. The minimum absolute atomic E-state index is 0.149. The molecule has 2 nitrogen and oxygen atoms in total. The van der Waals surface area contributed by atoms with Crippen LogP contribution in [0.5, 0.6) is 0 Å². The third-order valence-corrected chi connectivity index (χ3v) is 2.24. The maximum Gasteiger partial charge on any atom is 0.433 e. The molecule has 0 amide bonds. The van der Waals surface area contributed by atoms with Crippen LogP contribution in [0.2, 0.25) is 0 Å². The molecule has 1 aromatic rings. The summed E-state index contributed by atoms with van der Waals surface area (Å²) in [5.74, 6) is 0. The Morgan fingerprint density at radius 2 is 2.00 bits per heavy atom. The predicted octanol–water partition coefficient (Wildman–Crippen LogP) is 2.29. The van der Waals surface area contributed by atoms with E-state index < -0.39 is 0 Å². The maximum atomic E-state index is 5.21. The average molecular weight is 206 g/mol. The van der Waals surface area contributed by atoms with Gasteiger partial charge in [-0.3, -0.25) is 0 Å². The van der Waals surface area contributed by atoms with Crippen LogP contribution in [0.1, 0.15) is 12.5 Å². The van der Waals surface area contributed by atoms with Gasteiger partial charge in [-0.2, -0.15) is 0 Å². The Bertz CT molecular complexity index is 259. The van der Waals surface area contributed by atoms with Crippen LogP contribution in [0.4, 0.5) is 0 Å². The highest BCUT2D eigenvalue weighted by molar-refractivity contribution is 6.17. The van der Waals surface area contributed by atoms with E-state index in [-0.39, 0.29) is 10.0 Å². The minimum Gasteiger partial charge on any atom is -0.393 e. The summed E-state index contributed by atoms with van der Waals surface area (Å²) in [5, 5.41) is 0. The molecule has 0 aromatic heterocycles. The summed E-state index contributed by atoms with van der Waals surface area (Å²) in [4.78, 5) is 0. The number of hydrogen-bond donors (Lipinski definition) is 0. The third-order valence-electron chi connectivity index (χ3n) is 1.55. The smallest absolute Gasteiger partial charge is 0.393 e. The zero-order chi connectivity index (χ0) is 10.1. The monoisotopic (exact) mass is 206 g/mol. The second-order valence-electron chi connectivity index (χ2n) is 2.64. The van der Waals surface area contributed by atoms with E-state index in [1.807, 2.05) is 37.3 Å². The molecule has 0 fully saturated rings. The molecule has 0 unspecified atom stereocenters. The van der Waals surface area contributed by atoms with Gasteiger partial charge in [0, 0.05) is 6.61 Å². The van der Waals surface area contributed by atoms with Crippen LogP contribution in [0, 0.1) is 0 Å². The van der Waals surface area contributed by atoms with E-state index in [1.165, 1.54) is 5.56 Å². The van der Waals surface area contributed by atoms with Crippen molar-refractivity contribution < 1.29 is 8.85 Å². The number of benzene rings is 1. The van der Waals surface area contributed by atoms with Gasteiger partial charge in [-0.15, -0.1) is 0 Å². The fourth-order valence-corrected chi connectivity index (χ4v) is 1.30. The van der Waals surface area contributed by atoms with E-state index >= 15 is 0 Å². The molecule has 0 atom stereocenters. The predicted molar refractivity (Wildman–Crippen MR) is 58.8 cm³/mol. The van der Waals surface area contributed by atoms with E-state index in [2.05, 4.69) is 12.1 Å². The van der Waals surface area contributed by atoms with Gasteiger partial charge in [0.15, 0.2) is 0 Å². The molecule has 0 bridgehead atoms. The van der Waals surface area contributed by atoms with Gasteiger partial charge in [0.25, 0.3) is 0 Å². The number of hydrogen-bond acceptors (Lipinski definition) is 2. The summed E-state index contributed by atoms with van der Waals surface area (Å²) < 4.78 is 10.3. The fraction of sp³-hybridized carbons (Fsp3) is 0.273. The van der Waals surface area contributed by atoms with Crippen LogP contribution >= 0.6 is 0 Å². The molecule has 0 aliphatic carbocycles. The lowest BCUT2D eigenvalue weighted by molar-refractivity contribution is 0.250. The Kier molecular flexibility index (Phi) is 5.98. The lowest BCUT2D eigenvalue weighted by Gasteiger charge is -1.96. The fourth-order valence-electron chi connectivity index (χ4n) is 0.931. The third kappa shape index (κ3) is 4.96. The van der Waals surface area contributed by atoms with Crippen molar-refractivity contribution in [3.05, 3.63) is 42.0 Å².